The molecule has 0 aromatic carbocycles. The summed E-state index contributed by atoms with van der Waals surface area (Å²) in [5.74, 6) is 3.81. The van der Waals surface area contributed by atoms with Crippen molar-refractivity contribution in [1.82, 2.24) is 9.97 Å². The molecule has 68 valence electrons. The fourth-order valence-corrected chi connectivity index (χ4v) is 2.82. The van der Waals surface area contributed by atoms with E-state index in [0.717, 1.165) is 10.6 Å². The molecule has 1 unspecified atom stereocenters. The molecule has 1 aromatic rings. The second-order valence-electron chi connectivity index (χ2n) is 3.04. The van der Waals surface area contributed by atoms with Crippen LogP contribution in [-0.4, -0.2) is 28.0 Å². The van der Waals surface area contributed by atoms with Crippen molar-refractivity contribution >= 4 is 21.2 Å². The number of hydrogen-bond donors (Lipinski definition) is 0. The smallest absolute Gasteiger partial charge is 0.257 e. The lowest BCUT2D eigenvalue weighted by atomic mass is 10.3. The summed E-state index contributed by atoms with van der Waals surface area (Å²) >= 11 is 0. The highest BCUT2D eigenvalue weighted by molar-refractivity contribution is 8.02. The van der Waals surface area contributed by atoms with Crippen LogP contribution in [0.2, 0.25) is 0 Å². The highest BCUT2D eigenvalue weighted by atomic mass is 32.2. The molecule has 0 N–H and O–H groups in total. The molecule has 4 nitrogen and oxygen atoms in total. The third-order valence-electron chi connectivity index (χ3n) is 1.85. The minimum atomic E-state index is -1.59. The second-order valence-corrected chi connectivity index (χ2v) is 5.74. The summed E-state index contributed by atoms with van der Waals surface area (Å²) in [6.07, 6.45) is 5.32. The van der Waals surface area contributed by atoms with Crippen molar-refractivity contribution in [2.75, 3.05) is 6.26 Å². The molecule has 1 amide bonds. The normalized spacial score (nSPS) is 26.4. The van der Waals surface area contributed by atoms with Crippen LogP contribution in [0.1, 0.15) is 5.69 Å². The van der Waals surface area contributed by atoms with Crippen LogP contribution in [0.5, 0.6) is 0 Å². The van der Waals surface area contributed by atoms with Gasteiger partial charge in [0.1, 0.15) is 6.33 Å². The van der Waals surface area contributed by atoms with Gasteiger partial charge in [0.2, 0.25) is 0 Å². The van der Waals surface area contributed by atoms with E-state index in [0.29, 0.717) is 0 Å². The molecular weight excluding hydrogens is 186 g/mol. The van der Waals surface area contributed by atoms with Crippen molar-refractivity contribution in [3.63, 3.8) is 0 Å². The average Bonchev–Trinajstić information content (AvgIpc) is 2.02. The zero-order valence-electron chi connectivity index (χ0n) is 7.23. The van der Waals surface area contributed by atoms with Crippen LogP contribution < -0.4 is 0 Å². The number of aromatic nitrogens is 2. The van der Waals surface area contributed by atoms with E-state index in [-0.39, 0.29) is 12.3 Å². The fraction of sp³-hybridized carbons (Fsp3) is 0.250. The van der Waals surface area contributed by atoms with Crippen LogP contribution in [0.4, 0.5) is 0 Å². The lowest BCUT2D eigenvalue weighted by molar-refractivity contribution is -0.117. The summed E-state index contributed by atoms with van der Waals surface area (Å²) in [6.45, 7) is 0. The Morgan fingerprint density at radius 2 is 2.38 bits per heavy atom. The predicted octanol–water partition coefficient (Wildman–Crippen LogP) is 0.318. The highest BCUT2D eigenvalue weighted by Crippen LogP contribution is 2.19. The molecule has 0 fully saturated rings. The van der Waals surface area contributed by atoms with Crippen molar-refractivity contribution < 1.29 is 4.79 Å². The Morgan fingerprint density at radius 3 is 3.15 bits per heavy atom. The third-order valence-corrected chi connectivity index (χ3v) is 3.75. The van der Waals surface area contributed by atoms with Crippen molar-refractivity contribution in [3.8, 4) is 0 Å². The van der Waals surface area contributed by atoms with E-state index in [1.807, 2.05) is 6.26 Å². The second kappa shape index (κ2) is 2.63. The lowest BCUT2D eigenvalue weighted by Gasteiger charge is -2.16. The third kappa shape index (κ3) is 1.35. The highest BCUT2D eigenvalue weighted by Gasteiger charge is 2.18. The first-order valence-corrected chi connectivity index (χ1v) is 5.92. The number of hydrogen-bond acceptors (Lipinski definition) is 3. The first-order valence-electron chi connectivity index (χ1n) is 3.76. The van der Waals surface area contributed by atoms with Crippen molar-refractivity contribution in [1.29, 1.82) is 0 Å². The van der Waals surface area contributed by atoms with Crippen LogP contribution in [0, 0.1) is 0 Å². The Bertz CT molecular complexity index is 486. The van der Waals surface area contributed by atoms with E-state index in [9.17, 15) is 4.79 Å². The van der Waals surface area contributed by atoms with E-state index in [2.05, 4.69) is 20.2 Å². The van der Waals surface area contributed by atoms with Gasteiger partial charge in [-0.1, -0.05) is 5.87 Å². The molecule has 0 radical (unpaired) electrons. The molecule has 1 atom stereocenters. The van der Waals surface area contributed by atoms with Gasteiger partial charge >= 0.3 is 0 Å². The van der Waals surface area contributed by atoms with Crippen LogP contribution in [-0.2, 0) is 20.6 Å². The Morgan fingerprint density at radius 1 is 1.62 bits per heavy atom. The van der Waals surface area contributed by atoms with Gasteiger partial charge in [0.05, 0.1) is 17.0 Å². The zero-order chi connectivity index (χ0) is 9.47. The van der Waals surface area contributed by atoms with Gasteiger partial charge in [-0.25, -0.2) is 9.97 Å². The molecule has 5 heteroatoms. The first-order chi connectivity index (χ1) is 6.09. The van der Waals surface area contributed by atoms with Gasteiger partial charge < -0.3 is 0 Å². The number of fused-ring (bicyclic) bond motifs is 1. The maximum Gasteiger partial charge on any atom is 0.257 e. The largest absolute Gasteiger partial charge is 0.272 e. The van der Waals surface area contributed by atoms with E-state index in [1.54, 1.807) is 6.20 Å². The molecule has 1 aromatic heterocycles. The molecule has 2 heterocycles. The van der Waals surface area contributed by atoms with Crippen LogP contribution in [0.3, 0.4) is 0 Å². The van der Waals surface area contributed by atoms with Gasteiger partial charge in [0.25, 0.3) is 5.91 Å². The van der Waals surface area contributed by atoms with Gasteiger partial charge in [-0.2, -0.15) is 4.36 Å². The van der Waals surface area contributed by atoms with E-state index in [4.69, 9.17) is 0 Å². The summed E-state index contributed by atoms with van der Waals surface area (Å²) in [5, 5.41) is 0. The minimum Gasteiger partial charge on any atom is -0.272 e. The summed E-state index contributed by atoms with van der Waals surface area (Å²) in [4.78, 5) is 20.1. The monoisotopic (exact) mass is 195 g/mol. The molecular formula is C8H9N3OS. The standard InChI is InChI=1S/C8H9N3OS/c1-13(2)7-4-9-5-10-6(7)3-8(12)11-13/h4-5H,1,3H2,2H3. The molecule has 13 heavy (non-hydrogen) atoms. The first kappa shape index (κ1) is 8.37. The molecule has 0 saturated carbocycles. The summed E-state index contributed by atoms with van der Waals surface area (Å²) in [5.41, 5.74) is 0.780. The number of rotatable bonds is 0. The number of carbonyl (C=O) groups excluding carboxylic acids is 1. The average molecular weight is 195 g/mol. The molecule has 2 rings (SSSR count). The summed E-state index contributed by atoms with van der Waals surface area (Å²) < 4.78 is 4.01. The zero-order valence-corrected chi connectivity index (χ0v) is 8.04. The number of nitrogens with zero attached hydrogens (tertiary/aromatic N) is 3. The Labute approximate surface area is 76.7 Å². The van der Waals surface area contributed by atoms with Crippen LogP contribution >= 0.6 is 0 Å². The molecule has 0 bridgehead atoms. The number of carbonyl (C=O) groups is 1. The predicted molar refractivity (Wildman–Crippen MR) is 51.8 cm³/mol. The summed E-state index contributed by atoms with van der Waals surface area (Å²) in [7, 11) is -1.59. The minimum absolute atomic E-state index is 0.126. The van der Waals surface area contributed by atoms with Gasteiger partial charge in [0, 0.05) is 6.20 Å². The molecule has 0 aliphatic carbocycles. The van der Waals surface area contributed by atoms with Gasteiger partial charge in [0.15, 0.2) is 0 Å². The molecule has 0 saturated heterocycles. The quantitative estimate of drug-likeness (QED) is 0.560. The topological polar surface area (TPSA) is 55.2 Å². The van der Waals surface area contributed by atoms with Gasteiger partial charge in [-0.3, -0.25) is 4.79 Å². The lowest BCUT2D eigenvalue weighted by Crippen LogP contribution is -2.16. The maximum atomic E-state index is 11.2. The van der Waals surface area contributed by atoms with E-state index < -0.39 is 9.41 Å². The summed E-state index contributed by atoms with van der Waals surface area (Å²) in [6, 6.07) is 0. The van der Waals surface area contributed by atoms with E-state index in [1.165, 1.54) is 6.33 Å². The van der Waals surface area contributed by atoms with Crippen LogP contribution in [0.25, 0.3) is 0 Å². The van der Waals surface area contributed by atoms with Crippen LogP contribution in [0.15, 0.2) is 21.8 Å². The molecule has 1 aliphatic rings. The Hall–Kier alpha value is -1.23. The Balaban J connectivity index is 2.77. The SMILES string of the molecule is C=S1(C)=NC(=O)Cc2ncncc21. The molecule has 0 spiro atoms. The number of amides is 1. The van der Waals surface area contributed by atoms with Crippen molar-refractivity contribution in [2.24, 2.45) is 4.36 Å². The van der Waals surface area contributed by atoms with Crippen molar-refractivity contribution in [2.45, 2.75) is 11.3 Å². The van der Waals surface area contributed by atoms with E-state index >= 15 is 0 Å². The van der Waals surface area contributed by atoms with Gasteiger partial charge in [-0.15, -0.1) is 9.41 Å². The van der Waals surface area contributed by atoms with Crippen molar-refractivity contribution in [3.05, 3.63) is 18.2 Å². The fourth-order valence-electron chi connectivity index (χ4n) is 1.29. The Kier molecular flexibility index (Phi) is 1.69. The molecule has 1 aliphatic heterocycles. The van der Waals surface area contributed by atoms with Gasteiger partial charge in [-0.05, 0) is 6.26 Å². The maximum absolute atomic E-state index is 11.2.